The minimum atomic E-state index is -0.418. The zero-order chi connectivity index (χ0) is 17.4. The minimum Gasteiger partial charge on any atom is -0.465 e. The van der Waals surface area contributed by atoms with E-state index in [0.29, 0.717) is 13.2 Å². The van der Waals surface area contributed by atoms with Gasteiger partial charge in [0.2, 0.25) is 0 Å². The van der Waals surface area contributed by atoms with Crippen LogP contribution in [0, 0.1) is 40.9 Å². The number of allylic oxidation sites excluding steroid dienone is 2. The Morgan fingerprint density at radius 3 is 1.52 bits per heavy atom. The van der Waals surface area contributed by atoms with Gasteiger partial charge in [-0.15, -0.1) is 0 Å². The number of hydrogen-bond acceptors (Lipinski definition) is 4. The number of hydrogen-bond donors (Lipinski definition) is 0. The second-order valence-corrected chi connectivity index (χ2v) is 8.36. The van der Waals surface area contributed by atoms with Crippen molar-refractivity contribution in [3.8, 4) is 0 Å². The molecule has 0 spiro atoms. The molecule has 4 atom stereocenters. The van der Waals surface area contributed by atoms with Crippen molar-refractivity contribution >= 4 is 11.9 Å². The van der Waals surface area contributed by atoms with Crippen molar-refractivity contribution in [3.63, 3.8) is 0 Å². The van der Waals surface area contributed by atoms with E-state index in [0.717, 1.165) is 0 Å². The molecule has 4 nitrogen and oxygen atoms in total. The molecule has 0 saturated heterocycles. The highest BCUT2D eigenvalue weighted by Gasteiger charge is 2.62. The molecule has 1 fully saturated rings. The van der Waals surface area contributed by atoms with E-state index >= 15 is 0 Å². The van der Waals surface area contributed by atoms with Gasteiger partial charge in [-0.1, -0.05) is 53.7 Å². The van der Waals surface area contributed by atoms with E-state index in [1.807, 2.05) is 27.7 Å². The van der Waals surface area contributed by atoms with Crippen LogP contribution in [0.2, 0.25) is 0 Å². The molecule has 130 valence electrons. The van der Waals surface area contributed by atoms with Crippen LogP contribution in [0.15, 0.2) is 12.2 Å². The number of carbonyl (C=O) groups excluding carboxylic acids is 2. The third-order valence-electron chi connectivity index (χ3n) is 5.07. The fourth-order valence-corrected chi connectivity index (χ4v) is 3.85. The van der Waals surface area contributed by atoms with Crippen molar-refractivity contribution in [2.24, 2.45) is 40.9 Å². The van der Waals surface area contributed by atoms with Crippen LogP contribution in [0.5, 0.6) is 0 Å². The SMILES string of the molecule is CC(C)COC(=O)C1C(C(=O)OCC(C)C)C2C=CC1C2(C)C. The van der Waals surface area contributed by atoms with Gasteiger partial charge in [0.25, 0.3) is 0 Å². The van der Waals surface area contributed by atoms with Gasteiger partial charge in [-0.25, -0.2) is 0 Å². The molecule has 23 heavy (non-hydrogen) atoms. The molecule has 2 rings (SSSR count). The van der Waals surface area contributed by atoms with Crippen molar-refractivity contribution in [1.82, 2.24) is 0 Å². The fraction of sp³-hybridized carbons (Fsp3) is 0.789. The third-order valence-corrected chi connectivity index (χ3v) is 5.07. The van der Waals surface area contributed by atoms with Gasteiger partial charge in [0.1, 0.15) is 0 Å². The van der Waals surface area contributed by atoms with Gasteiger partial charge in [0.05, 0.1) is 25.0 Å². The Morgan fingerprint density at radius 2 is 1.22 bits per heavy atom. The number of fused-ring (bicyclic) bond motifs is 2. The van der Waals surface area contributed by atoms with Crippen molar-refractivity contribution < 1.29 is 19.1 Å². The van der Waals surface area contributed by atoms with Crippen LogP contribution in [-0.4, -0.2) is 25.2 Å². The van der Waals surface area contributed by atoms with Gasteiger partial charge in [-0.05, 0) is 29.1 Å². The molecule has 4 unspecified atom stereocenters. The second-order valence-electron chi connectivity index (χ2n) is 8.36. The summed E-state index contributed by atoms with van der Waals surface area (Å²) in [5, 5.41) is 0. The lowest BCUT2D eigenvalue weighted by Crippen LogP contribution is -2.36. The van der Waals surface area contributed by atoms with E-state index in [1.54, 1.807) is 0 Å². The summed E-state index contributed by atoms with van der Waals surface area (Å²) in [5.41, 5.74) is -0.108. The van der Waals surface area contributed by atoms with Gasteiger partial charge in [-0.2, -0.15) is 0 Å². The summed E-state index contributed by atoms with van der Waals surface area (Å²) < 4.78 is 10.9. The predicted molar refractivity (Wildman–Crippen MR) is 88.5 cm³/mol. The van der Waals surface area contributed by atoms with Crippen LogP contribution in [0.4, 0.5) is 0 Å². The molecule has 4 heteroatoms. The Bertz CT molecular complexity index is 448. The molecule has 2 aliphatic carbocycles. The largest absolute Gasteiger partial charge is 0.465 e. The molecule has 2 aliphatic rings. The van der Waals surface area contributed by atoms with Crippen molar-refractivity contribution in [2.45, 2.75) is 41.5 Å². The third kappa shape index (κ3) is 3.46. The smallest absolute Gasteiger partial charge is 0.310 e. The molecule has 0 radical (unpaired) electrons. The van der Waals surface area contributed by atoms with Crippen LogP contribution >= 0.6 is 0 Å². The molecule has 0 aromatic heterocycles. The zero-order valence-electron chi connectivity index (χ0n) is 15.2. The van der Waals surface area contributed by atoms with E-state index in [2.05, 4.69) is 26.0 Å². The average molecular weight is 322 g/mol. The number of carbonyl (C=O) groups is 2. The first-order valence-corrected chi connectivity index (χ1v) is 8.67. The first-order valence-electron chi connectivity index (χ1n) is 8.67. The van der Waals surface area contributed by atoms with E-state index in [9.17, 15) is 9.59 Å². The highest BCUT2D eigenvalue weighted by Crippen LogP contribution is 2.60. The molecule has 0 heterocycles. The number of ether oxygens (including phenoxy) is 2. The minimum absolute atomic E-state index is 0.0452. The Balaban J connectivity index is 2.17. The maximum absolute atomic E-state index is 12.6. The van der Waals surface area contributed by atoms with Crippen LogP contribution in [0.25, 0.3) is 0 Å². The molecule has 0 N–H and O–H groups in total. The van der Waals surface area contributed by atoms with E-state index in [-0.39, 0.29) is 41.0 Å². The molecule has 0 aromatic rings. The first kappa shape index (κ1) is 18.0. The Hall–Kier alpha value is -1.32. The molecular weight excluding hydrogens is 292 g/mol. The lowest BCUT2D eigenvalue weighted by Gasteiger charge is -2.25. The molecule has 0 aromatic carbocycles. The molecule has 2 bridgehead atoms. The number of esters is 2. The van der Waals surface area contributed by atoms with Crippen LogP contribution in [-0.2, 0) is 19.1 Å². The Morgan fingerprint density at radius 1 is 0.870 bits per heavy atom. The standard InChI is InChI=1S/C19H30O4/c1-11(2)9-22-17(20)15-13-7-8-14(19(13,5)6)16(15)18(21)23-10-12(3)4/h7-8,11-16H,9-10H2,1-6H3. The molecule has 1 saturated carbocycles. The summed E-state index contributed by atoms with van der Waals surface area (Å²) in [5.74, 6) is -0.686. The van der Waals surface area contributed by atoms with E-state index in [4.69, 9.17) is 9.47 Å². The highest BCUT2D eigenvalue weighted by molar-refractivity contribution is 5.85. The maximum atomic E-state index is 12.6. The van der Waals surface area contributed by atoms with Crippen LogP contribution in [0.3, 0.4) is 0 Å². The fourth-order valence-electron chi connectivity index (χ4n) is 3.85. The summed E-state index contributed by atoms with van der Waals surface area (Å²) in [7, 11) is 0. The predicted octanol–water partition coefficient (Wildman–Crippen LogP) is 3.46. The van der Waals surface area contributed by atoms with Gasteiger partial charge in [0, 0.05) is 0 Å². The van der Waals surface area contributed by atoms with Gasteiger partial charge < -0.3 is 9.47 Å². The topological polar surface area (TPSA) is 52.6 Å². The van der Waals surface area contributed by atoms with Gasteiger partial charge in [0.15, 0.2) is 0 Å². The van der Waals surface area contributed by atoms with Crippen molar-refractivity contribution in [1.29, 1.82) is 0 Å². The number of rotatable bonds is 6. The summed E-state index contributed by atoms with van der Waals surface area (Å²) >= 11 is 0. The van der Waals surface area contributed by atoms with Crippen LogP contribution < -0.4 is 0 Å². The summed E-state index contributed by atoms with van der Waals surface area (Å²) in [4.78, 5) is 25.2. The monoisotopic (exact) mass is 322 g/mol. The van der Waals surface area contributed by atoms with Gasteiger partial charge >= 0.3 is 11.9 Å². The molecular formula is C19H30O4. The summed E-state index contributed by atoms with van der Waals surface area (Å²) in [6.45, 7) is 13.1. The highest BCUT2D eigenvalue weighted by atomic mass is 16.5. The molecule has 0 amide bonds. The lowest BCUT2D eigenvalue weighted by molar-refractivity contribution is -0.162. The summed E-state index contributed by atoms with van der Waals surface area (Å²) in [6, 6.07) is 0. The van der Waals surface area contributed by atoms with Crippen molar-refractivity contribution in [3.05, 3.63) is 12.2 Å². The Labute approximate surface area is 139 Å². The van der Waals surface area contributed by atoms with Gasteiger partial charge in [-0.3, -0.25) is 9.59 Å². The average Bonchev–Trinajstić information content (AvgIpc) is 2.88. The van der Waals surface area contributed by atoms with Crippen molar-refractivity contribution in [2.75, 3.05) is 13.2 Å². The van der Waals surface area contributed by atoms with E-state index < -0.39 is 11.8 Å². The zero-order valence-corrected chi connectivity index (χ0v) is 15.2. The quantitative estimate of drug-likeness (QED) is 0.555. The molecule has 0 aliphatic heterocycles. The maximum Gasteiger partial charge on any atom is 0.310 e. The normalized spacial score (nSPS) is 31.0. The first-order chi connectivity index (χ1) is 10.7. The van der Waals surface area contributed by atoms with E-state index in [1.165, 1.54) is 0 Å². The van der Waals surface area contributed by atoms with Crippen LogP contribution in [0.1, 0.15) is 41.5 Å². The summed E-state index contributed by atoms with van der Waals surface area (Å²) in [6.07, 6.45) is 4.16. The second kappa shape index (κ2) is 6.66. The lowest BCUT2D eigenvalue weighted by atomic mass is 9.79. The Kier molecular flexibility index (Phi) is 5.22.